The van der Waals surface area contributed by atoms with Crippen LogP contribution in [0.25, 0.3) is 0 Å². The van der Waals surface area contributed by atoms with Crippen LogP contribution in [0.2, 0.25) is 0 Å². The molecular formula is C8H14N4OS. The number of hydrogen-bond acceptors (Lipinski definition) is 6. The molecule has 0 radical (unpaired) electrons. The third-order valence-corrected chi connectivity index (χ3v) is 2.89. The van der Waals surface area contributed by atoms with Crippen LogP contribution < -0.4 is 4.90 Å². The maximum atomic E-state index is 8.79. The van der Waals surface area contributed by atoms with Crippen molar-refractivity contribution in [2.24, 2.45) is 0 Å². The van der Waals surface area contributed by atoms with Crippen LogP contribution in [0.5, 0.6) is 0 Å². The lowest BCUT2D eigenvalue weighted by Crippen LogP contribution is -2.47. The number of aromatic nitrogens is 2. The lowest BCUT2D eigenvalue weighted by Gasteiger charge is -2.33. The number of hydrogen-bond donors (Lipinski definition) is 1. The van der Waals surface area contributed by atoms with E-state index < -0.39 is 0 Å². The highest BCUT2D eigenvalue weighted by molar-refractivity contribution is 7.03. The van der Waals surface area contributed by atoms with E-state index in [4.69, 9.17) is 5.11 Å². The zero-order valence-electron chi connectivity index (χ0n) is 7.96. The molecule has 2 rings (SSSR count). The van der Waals surface area contributed by atoms with Crippen molar-refractivity contribution < 1.29 is 5.11 Å². The Labute approximate surface area is 87.1 Å². The Kier molecular flexibility index (Phi) is 3.28. The summed E-state index contributed by atoms with van der Waals surface area (Å²) >= 11 is 1.39. The molecule has 0 amide bonds. The molecule has 0 bridgehead atoms. The van der Waals surface area contributed by atoms with E-state index in [0.717, 1.165) is 38.7 Å². The van der Waals surface area contributed by atoms with E-state index in [1.807, 2.05) is 0 Å². The third-order valence-electron chi connectivity index (χ3n) is 2.42. The summed E-state index contributed by atoms with van der Waals surface area (Å²) in [6, 6.07) is 0. The molecule has 5 nitrogen and oxygen atoms in total. The average Bonchev–Trinajstić information content (AvgIpc) is 2.72. The molecule has 14 heavy (non-hydrogen) atoms. The van der Waals surface area contributed by atoms with Crippen molar-refractivity contribution in [3.8, 4) is 0 Å². The van der Waals surface area contributed by atoms with Crippen LogP contribution in [0.1, 0.15) is 0 Å². The van der Waals surface area contributed by atoms with Crippen LogP contribution >= 0.6 is 11.5 Å². The smallest absolute Gasteiger partial charge is 0.237 e. The second-order valence-corrected chi connectivity index (χ2v) is 3.89. The molecule has 78 valence electrons. The second-order valence-electron chi connectivity index (χ2n) is 3.28. The van der Waals surface area contributed by atoms with Crippen molar-refractivity contribution in [1.82, 2.24) is 14.3 Å². The van der Waals surface area contributed by atoms with E-state index >= 15 is 0 Å². The monoisotopic (exact) mass is 214 g/mol. The van der Waals surface area contributed by atoms with Gasteiger partial charge in [0.15, 0.2) is 0 Å². The van der Waals surface area contributed by atoms with Crippen LogP contribution in [-0.4, -0.2) is 58.7 Å². The molecule has 0 spiro atoms. The van der Waals surface area contributed by atoms with Gasteiger partial charge in [-0.2, -0.15) is 4.37 Å². The van der Waals surface area contributed by atoms with Crippen LogP contribution in [0.3, 0.4) is 0 Å². The third kappa shape index (κ3) is 2.20. The summed E-state index contributed by atoms with van der Waals surface area (Å²) < 4.78 is 4.20. The maximum absolute atomic E-state index is 8.79. The van der Waals surface area contributed by atoms with Crippen LogP contribution in [0, 0.1) is 0 Å². The quantitative estimate of drug-likeness (QED) is 0.745. The largest absolute Gasteiger partial charge is 0.395 e. The molecule has 0 saturated carbocycles. The molecule has 1 aliphatic rings. The first-order valence-electron chi connectivity index (χ1n) is 4.74. The lowest BCUT2D eigenvalue weighted by molar-refractivity contribution is 0.188. The Morgan fingerprint density at radius 1 is 1.36 bits per heavy atom. The van der Waals surface area contributed by atoms with Gasteiger partial charge in [0.1, 0.15) is 5.51 Å². The predicted molar refractivity (Wildman–Crippen MR) is 55.6 cm³/mol. The topological polar surface area (TPSA) is 52.5 Å². The molecule has 1 N–H and O–H groups in total. The number of piperazine rings is 1. The van der Waals surface area contributed by atoms with Gasteiger partial charge in [-0.05, 0) is 11.5 Å². The summed E-state index contributed by atoms with van der Waals surface area (Å²) in [5.74, 6) is 0.846. The minimum Gasteiger partial charge on any atom is -0.395 e. The van der Waals surface area contributed by atoms with Gasteiger partial charge >= 0.3 is 0 Å². The van der Waals surface area contributed by atoms with Crippen LogP contribution in [0.15, 0.2) is 5.51 Å². The van der Waals surface area contributed by atoms with Crippen molar-refractivity contribution in [2.75, 3.05) is 44.2 Å². The van der Waals surface area contributed by atoms with Crippen molar-refractivity contribution in [3.05, 3.63) is 5.51 Å². The van der Waals surface area contributed by atoms with E-state index in [9.17, 15) is 0 Å². The fourth-order valence-corrected chi connectivity index (χ4v) is 2.06. The van der Waals surface area contributed by atoms with Gasteiger partial charge in [-0.1, -0.05) is 0 Å². The fourth-order valence-electron chi connectivity index (χ4n) is 1.62. The van der Waals surface area contributed by atoms with Crippen LogP contribution in [-0.2, 0) is 0 Å². The Balaban J connectivity index is 1.84. The molecule has 0 aliphatic carbocycles. The normalized spacial score (nSPS) is 18.8. The number of anilines is 1. The highest BCUT2D eigenvalue weighted by atomic mass is 32.1. The zero-order chi connectivity index (χ0) is 9.80. The molecule has 1 aromatic heterocycles. The van der Waals surface area contributed by atoms with Gasteiger partial charge in [0.2, 0.25) is 5.95 Å². The Bertz CT molecular complexity index is 258. The molecule has 0 unspecified atom stereocenters. The molecule has 1 fully saturated rings. The SMILES string of the molecule is OCCN1CCN(c2ncsn2)CC1. The molecule has 6 heteroatoms. The first-order valence-corrected chi connectivity index (χ1v) is 5.58. The van der Waals surface area contributed by atoms with E-state index in [2.05, 4.69) is 19.2 Å². The summed E-state index contributed by atoms with van der Waals surface area (Å²) in [5.41, 5.74) is 1.76. The zero-order valence-corrected chi connectivity index (χ0v) is 8.78. The molecule has 1 saturated heterocycles. The second kappa shape index (κ2) is 4.68. The Morgan fingerprint density at radius 2 is 2.14 bits per heavy atom. The Morgan fingerprint density at radius 3 is 2.71 bits per heavy atom. The lowest BCUT2D eigenvalue weighted by atomic mass is 10.3. The highest BCUT2D eigenvalue weighted by Crippen LogP contribution is 2.11. The number of nitrogens with zero attached hydrogens (tertiary/aromatic N) is 4. The standard InChI is InChI=1S/C8H14N4OS/c13-6-5-11-1-3-12(4-2-11)8-9-7-14-10-8/h7,13H,1-6H2. The van der Waals surface area contributed by atoms with Gasteiger partial charge in [-0.25, -0.2) is 4.98 Å². The first kappa shape index (κ1) is 9.82. The molecule has 2 heterocycles. The highest BCUT2D eigenvalue weighted by Gasteiger charge is 2.18. The van der Waals surface area contributed by atoms with Gasteiger partial charge in [-0.3, -0.25) is 4.90 Å². The van der Waals surface area contributed by atoms with Gasteiger partial charge in [-0.15, -0.1) is 0 Å². The van der Waals surface area contributed by atoms with Crippen molar-refractivity contribution in [2.45, 2.75) is 0 Å². The molecular weight excluding hydrogens is 200 g/mol. The van der Waals surface area contributed by atoms with Gasteiger partial charge in [0.05, 0.1) is 6.61 Å². The van der Waals surface area contributed by atoms with E-state index in [1.54, 1.807) is 5.51 Å². The predicted octanol–water partition coefficient (Wildman–Crippen LogP) is -0.348. The van der Waals surface area contributed by atoms with E-state index in [0.29, 0.717) is 0 Å². The molecule has 1 aliphatic heterocycles. The summed E-state index contributed by atoms with van der Waals surface area (Å²) in [6.45, 7) is 4.90. The average molecular weight is 214 g/mol. The van der Waals surface area contributed by atoms with Crippen LogP contribution in [0.4, 0.5) is 5.95 Å². The number of rotatable bonds is 3. The van der Waals surface area contributed by atoms with Gasteiger partial charge < -0.3 is 10.0 Å². The number of aliphatic hydroxyl groups excluding tert-OH is 1. The number of β-amino-alcohol motifs (C(OH)–C–C–N with tert-alkyl or cyclic N) is 1. The minimum absolute atomic E-state index is 0.245. The maximum Gasteiger partial charge on any atom is 0.237 e. The van der Waals surface area contributed by atoms with Crippen molar-refractivity contribution in [3.63, 3.8) is 0 Å². The van der Waals surface area contributed by atoms with E-state index in [1.165, 1.54) is 11.5 Å². The van der Waals surface area contributed by atoms with Gasteiger partial charge in [0.25, 0.3) is 0 Å². The summed E-state index contributed by atoms with van der Waals surface area (Å²) in [7, 11) is 0. The summed E-state index contributed by atoms with van der Waals surface area (Å²) in [4.78, 5) is 8.61. The Hall–Kier alpha value is -0.720. The fraction of sp³-hybridized carbons (Fsp3) is 0.750. The summed E-state index contributed by atoms with van der Waals surface area (Å²) in [6.07, 6.45) is 0. The van der Waals surface area contributed by atoms with Gasteiger partial charge in [0, 0.05) is 32.7 Å². The van der Waals surface area contributed by atoms with Crippen molar-refractivity contribution in [1.29, 1.82) is 0 Å². The van der Waals surface area contributed by atoms with E-state index in [-0.39, 0.29) is 6.61 Å². The minimum atomic E-state index is 0.245. The molecule has 0 atom stereocenters. The first-order chi connectivity index (χ1) is 6.90. The molecule has 1 aromatic rings. The molecule has 0 aromatic carbocycles. The number of aliphatic hydroxyl groups is 1. The van der Waals surface area contributed by atoms with Crippen molar-refractivity contribution >= 4 is 17.5 Å². The summed E-state index contributed by atoms with van der Waals surface area (Å²) in [5, 5.41) is 8.79.